The van der Waals surface area contributed by atoms with Crippen molar-refractivity contribution < 1.29 is 9.59 Å². The van der Waals surface area contributed by atoms with E-state index in [0.29, 0.717) is 11.1 Å². The summed E-state index contributed by atoms with van der Waals surface area (Å²) in [6.07, 6.45) is 65.6. The van der Waals surface area contributed by atoms with E-state index in [1.807, 2.05) is 44.9 Å². The minimum absolute atomic E-state index is 0.0776. The van der Waals surface area contributed by atoms with Crippen LogP contribution < -0.4 is 0 Å². The van der Waals surface area contributed by atoms with Crippen LogP contribution in [0.1, 0.15) is 360 Å². The van der Waals surface area contributed by atoms with E-state index >= 15 is 9.59 Å². The number of carbonyl (C=O) groups excluding carboxylic acids is 2. The van der Waals surface area contributed by atoms with Crippen molar-refractivity contribution in [2.45, 2.75) is 328 Å². The Morgan fingerprint density at radius 3 is 1.08 bits per heavy atom. The first-order chi connectivity index (χ1) is 47.7. The summed E-state index contributed by atoms with van der Waals surface area (Å²) in [7, 11) is 0. The van der Waals surface area contributed by atoms with Crippen molar-refractivity contribution in [1.82, 2.24) is 9.80 Å². The van der Waals surface area contributed by atoms with Gasteiger partial charge in [-0.2, -0.15) is 0 Å². The molecule has 2 amide bonds. The Bertz CT molecular complexity index is 3700. The van der Waals surface area contributed by atoms with Crippen LogP contribution in [0.3, 0.4) is 0 Å². The van der Waals surface area contributed by atoms with Crippen molar-refractivity contribution in [2.24, 2.45) is 0 Å². The number of amides is 2. The van der Waals surface area contributed by atoms with E-state index in [-0.39, 0.29) is 22.6 Å². The fourth-order valence-corrected chi connectivity index (χ4v) is 20.8. The highest BCUT2D eigenvalue weighted by Crippen LogP contribution is 2.61. The number of unbranched alkanes of at least 4 members (excludes halogenated alkanes) is 36. The van der Waals surface area contributed by atoms with Crippen LogP contribution in [0.2, 0.25) is 0 Å². The van der Waals surface area contributed by atoms with E-state index in [1.54, 1.807) is 0 Å². The quantitative estimate of drug-likeness (QED) is 0.0358. The van der Waals surface area contributed by atoms with Crippen LogP contribution in [0.15, 0.2) is 102 Å². The van der Waals surface area contributed by atoms with E-state index in [1.165, 1.54) is 326 Å². The molecule has 4 nitrogen and oxygen atoms in total. The molecule has 0 spiro atoms. The highest BCUT2D eigenvalue weighted by atomic mass is 32.1. The van der Waals surface area contributed by atoms with Crippen molar-refractivity contribution >= 4 is 67.4 Å². The lowest BCUT2D eigenvalue weighted by Crippen LogP contribution is -2.28. The Balaban J connectivity index is 0.899. The first kappa shape index (κ1) is 71.3. The van der Waals surface area contributed by atoms with E-state index < -0.39 is 0 Å². The number of hydrogen-bond acceptors (Lipinski definition) is 4. The molecule has 518 valence electrons. The predicted molar refractivity (Wildman–Crippen MR) is 420 cm³/mol. The lowest BCUT2D eigenvalue weighted by atomic mass is 9.69. The zero-order valence-electron chi connectivity index (χ0n) is 61.0. The van der Waals surface area contributed by atoms with Crippen molar-refractivity contribution in [3.63, 3.8) is 0 Å². The normalized spacial score (nSPS) is 15.6. The number of thiophene rings is 2. The molecule has 0 saturated carbocycles. The van der Waals surface area contributed by atoms with Crippen molar-refractivity contribution in [2.75, 3.05) is 0 Å². The second-order valence-corrected chi connectivity index (χ2v) is 33.2. The molecule has 0 saturated heterocycles. The molecule has 0 unspecified atom stereocenters. The average Bonchev–Trinajstić information content (AvgIpc) is 1.53. The molecule has 0 radical (unpaired) electrons. The fraction of sp³-hybridized carbons (Fsp3) is 0.560. The third kappa shape index (κ3) is 15.7. The molecule has 12 rings (SSSR count). The monoisotopic (exact) mass is 1340 g/mol. The van der Waals surface area contributed by atoms with Crippen LogP contribution in [0.5, 0.6) is 0 Å². The summed E-state index contributed by atoms with van der Waals surface area (Å²) in [5, 5.41) is 0. The van der Waals surface area contributed by atoms with E-state index in [0.717, 1.165) is 59.3 Å². The lowest BCUT2D eigenvalue weighted by Gasteiger charge is -2.34. The van der Waals surface area contributed by atoms with Gasteiger partial charge in [0.1, 0.15) is 0 Å². The largest absolute Gasteiger partial charge is 0.282 e. The zero-order valence-corrected chi connectivity index (χ0v) is 62.6. The Hall–Kier alpha value is -5.56. The van der Waals surface area contributed by atoms with Crippen molar-refractivity contribution in [3.8, 4) is 32.7 Å². The summed E-state index contributed by atoms with van der Waals surface area (Å²) in [5.41, 5.74) is 19.2. The molecule has 0 fully saturated rings. The molecule has 2 aliphatic carbocycles. The Morgan fingerprint density at radius 1 is 0.330 bits per heavy atom. The number of hydrogen-bond donors (Lipinski definition) is 0. The highest BCUT2D eigenvalue weighted by molar-refractivity contribution is 7.29. The van der Waals surface area contributed by atoms with Gasteiger partial charge in [0, 0.05) is 53.5 Å². The maximum absolute atomic E-state index is 15.8. The minimum Gasteiger partial charge on any atom is -0.282 e. The minimum atomic E-state index is -0.201. The molecule has 0 N–H and O–H groups in total. The van der Waals surface area contributed by atoms with Gasteiger partial charge in [0.25, 0.3) is 11.8 Å². The summed E-state index contributed by atoms with van der Waals surface area (Å²) in [6.45, 7) is 11.5. The Labute approximate surface area is 595 Å². The number of rotatable bonds is 45. The molecule has 97 heavy (non-hydrogen) atoms. The number of carbonyl (C=O) groups is 2. The number of fused-ring (bicyclic) bond motifs is 14. The maximum atomic E-state index is 15.8. The van der Waals surface area contributed by atoms with E-state index in [2.05, 4.69) is 126 Å². The first-order valence-corrected chi connectivity index (χ1v) is 42.0. The number of aryl methyl sites for hydroxylation is 1. The number of benzene rings is 4. The molecule has 6 heterocycles. The van der Waals surface area contributed by atoms with Gasteiger partial charge in [-0.15, -0.1) is 22.7 Å². The second kappa shape index (κ2) is 34.7. The van der Waals surface area contributed by atoms with Gasteiger partial charge in [-0.05, 0) is 148 Å². The van der Waals surface area contributed by atoms with Crippen LogP contribution in [0.4, 0.5) is 0 Å². The summed E-state index contributed by atoms with van der Waals surface area (Å²) >= 11 is 3.86. The van der Waals surface area contributed by atoms with Crippen LogP contribution in [-0.2, 0) is 20.4 Å². The molecule has 0 atom stereocenters. The molecule has 4 aliphatic heterocycles. The molecule has 4 aromatic carbocycles. The first-order valence-electron chi connectivity index (χ1n) is 40.4. The lowest BCUT2D eigenvalue weighted by molar-refractivity contribution is -0.122. The predicted octanol–water partition coefficient (Wildman–Crippen LogP) is 28.5. The van der Waals surface area contributed by atoms with Crippen LogP contribution in [0.25, 0.3) is 65.6 Å². The summed E-state index contributed by atoms with van der Waals surface area (Å²) < 4.78 is 2.78. The third-order valence-electron chi connectivity index (χ3n) is 23.8. The topological polar surface area (TPSA) is 40.6 Å². The van der Waals surface area contributed by atoms with Gasteiger partial charge in [0.15, 0.2) is 0 Å². The van der Waals surface area contributed by atoms with Crippen LogP contribution in [0, 0.1) is 6.92 Å². The number of nitrogens with zero attached hydrogens (tertiary/aromatic N) is 2. The van der Waals surface area contributed by atoms with Crippen LogP contribution in [-0.4, -0.2) is 21.6 Å². The molecule has 6 aromatic rings. The summed E-state index contributed by atoms with van der Waals surface area (Å²) in [5.74, 6) is -0.155. The van der Waals surface area contributed by atoms with Crippen molar-refractivity contribution in [1.29, 1.82) is 0 Å². The van der Waals surface area contributed by atoms with Gasteiger partial charge in [-0.3, -0.25) is 19.4 Å². The highest BCUT2D eigenvalue weighted by Gasteiger charge is 2.52. The third-order valence-corrected chi connectivity index (χ3v) is 26.1. The smallest absolute Gasteiger partial charge is 0.265 e. The van der Waals surface area contributed by atoms with Gasteiger partial charge in [0.2, 0.25) is 0 Å². The van der Waals surface area contributed by atoms with Gasteiger partial charge >= 0.3 is 0 Å². The molecular formula is C91H120N2O2S2. The summed E-state index contributed by atoms with van der Waals surface area (Å²) in [4.78, 5) is 38.1. The van der Waals surface area contributed by atoms with E-state index in [9.17, 15) is 0 Å². The fourth-order valence-electron chi connectivity index (χ4n) is 18.5. The SMILES string of the molecule is CCCCCCCCCCCCC1(CCCCCCCCCCCC)c2ccccc2-c2cc3c(cc21)C1=C2C(=O)N4C=Cc5cc6c(cc5C4=C2C(=O)N1C=C3)C(CCCCCCCCCCCC)(CCCCCCCCCCCC)c1cc(-c2cc3sc(C)cc3s2)ccc1-6. The Kier molecular flexibility index (Phi) is 25.5. The molecular weight excluding hydrogens is 1220 g/mol. The van der Waals surface area contributed by atoms with Gasteiger partial charge in [-0.1, -0.05) is 321 Å². The maximum Gasteiger partial charge on any atom is 0.265 e. The molecule has 6 aliphatic rings. The van der Waals surface area contributed by atoms with Gasteiger partial charge < -0.3 is 0 Å². The van der Waals surface area contributed by atoms with Gasteiger partial charge in [-0.25, -0.2) is 0 Å². The standard InChI is InChI=1S/C91H120N2O2S2/c1-6-10-14-18-22-26-30-34-38-44-54-90(55-45-39-35-31-27-23-19-15-11-7-2)77-49-43-42-48-71(77)75-61-68-52-58-92-86(73(68)64-79(75)90)84-85(89(92)95)87-74-65-80-76(62-69(74)53-59-93(87)88(84)94)72-51-50-70(81-66-83-82(97-81)60-67(5)96-83)63-78(72)91(80,56-46-40-36-32-28-24-20-16-12-8-3)57-47-41-37-33-29-25-21-17-13-9-4/h42-43,48-53,58-66H,6-41,44-47,54-57H2,1-5H3. The zero-order chi connectivity index (χ0) is 67.0. The van der Waals surface area contributed by atoms with Gasteiger partial charge in [0.05, 0.1) is 22.5 Å². The second-order valence-electron chi connectivity index (χ2n) is 30.8. The molecule has 0 bridgehead atoms. The van der Waals surface area contributed by atoms with Crippen molar-refractivity contribution in [3.05, 3.63) is 152 Å². The van der Waals surface area contributed by atoms with E-state index in [4.69, 9.17) is 0 Å². The molecule has 6 heteroatoms. The average molecular weight is 1340 g/mol. The van der Waals surface area contributed by atoms with Crippen LogP contribution >= 0.6 is 22.7 Å². The molecule has 2 aromatic heterocycles. The summed E-state index contributed by atoms with van der Waals surface area (Å²) in [6, 6.07) is 31.6. The Morgan fingerprint density at radius 2 is 0.680 bits per heavy atom.